The lowest BCUT2D eigenvalue weighted by Crippen LogP contribution is -2.38. The second-order valence-corrected chi connectivity index (χ2v) is 9.15. The maximum atomic E-state index is 10.8. The minimum absolute atomic E-state index is 0.254. The van der Waals surface area contributed by atoms with Gasteiger partial charge in [-0.3, -0.25) is 0 Å². The lowest BCUT2D eigenvalue weighted by Gasteiger charge is -2.31. The Kier molecular flexibility index (Phi) is 5.38. The normalized spacial score (nSPS) is 15.9. The SMILES string of the molecule is Cc1sc2nc(N3CCC(OC(=O)O)CC3)nc(NCc3ccc4c(c3)OCO4)c2c1C. The summed E-state index contributed by atoms with van der Waals surface area (Å²) in [7, 11) is 0. The number of ether oxygens (including phenoxy) is 3. The number of benzene rings is 1. The molecule has 32 heavy (non-hydrogen) atoms. The Morgan fingerprint density at radius 1 is 1.25 bits per heavy atom. The highest BCUT2D eigenvalue weighted by molar-refractivity contribution is 7.18. The van der Waals surface area contributed by atoms with Crippen LogP contribution in [0.4, 0.5) is 16.6 Å². The number of nitrogens with one attached hydrogen (secondary N) is 1. The predicted octanol–water partition coefficient (Wildman–Crippen LogP) is 4.31. The van der Waals surface area contributed by atoms with E-state index in [2.05, 4.69) is 24.1 Å². The van der Waals surface area contributed by atoms with Crippen molar-refractivity contribution in [3.8, 4) is 11.5 Å². The Morgan fingerprint density at radius 2 is 2.03 bits per heavy atom. The lowest BCUT2D eigenvalue weighted by molar-refractivity contribution is 0.0415. The maximum absolute atomic E-state index is 10.8. The molecule has 0 bridgehead atoms. The molecule has 1 aromatic carbocycles. The van der Waals surface area contributed by atoms with Crippen LogP contribution in [-0.2, 0) is 11.3 Å². The Balaban J connectivity index is 1.39. The summed E-state index contributed by atoms with van der Waals surface area (Å²) in [6.45, 7) is 6.33. The quantitative estimate of drug-likeness (QED) is 0.543. The van der Waals surface area contributed by atoms with Crippen LogP contribution >= 0.6 is 11.3 Å². The van der Waals surface area contributed by atoms with E-state index in [1.165, 1.54) is 10.4 Å². The molecule has 1 fully saturated rings. The summed E-state index contributed by atoms with van der Waals surface area (Å²) >= 11 is 1.66. The van der Waals surface area contributed by atoms with Gasteiger partial charge in [-0.05, 0) is 37.1 Å². The third kappa shape index (κ3) is 3.97. The number of nitrogens with zero attached hydrogens (tertiary/aromatic N) is 3. The van der Waals surface area contributed by atoms with Gasteiger partial charge in [0.2, 0.25) is 12.7 Å². The molecule has 9 nitrogen and oxygen atoms in total. The smallest absolute Gasteiger partial charge is 0.454 e. The van der Waals surface area contributed by atoms with Gasteiger partial charge in [-0.15, -0.1) is 11.3 Å². The van der Waals surface area contributed by atoms with Gasteiger partial charge in [-0.2, -0.15) is 4.98 Å². The maximum Gasteiger partial charge on any atom is 0.506 e. The van der Waals surface area contributed by atoms with Gasteiger partial charge >= 0.3 is 6.16 Å². The first-order valence-electron chi connectivity index (χ1n) is 10.5. The number of anilines is 2. The molecule has 0 atom stereocenters. The molecule has 0 unspecified atom stereocenters. The van der Waals surface area contributed by atoms with Crippen molar-refractivity contribution in [3.63, 3.8) is 0 Å². The van der Waals surface area contributed by atoms with E-state index in [0.29, 0.717) is 38.4 Å². The fourth-order valence-corrected chi connectivity index (χ4v) is 5.08. The van der Waals surface area contributed by atoms with Gasteiger partial charge < -0.3 is 29.5 Å². The average molecular weight is 457 g/mol. The molecule has 10 heteroatoms. The number of thiophene rings is 1. The van der Waals surface area contributed by atoms with E-state index < -0.39 is 6.16 Å². The number of fused-ring (bicyclic) bond motifs is 2. The molecule has 0 aliphatic carbocycles. The van der Waals surface area contributed by atoms with Gasteiger partial charge in [0.25, 0.3) is 0 Å². The first-order valence-corrected chi connectivity index (χ1v) is 11.3. The van der Waals surface area contributed by atoms with Gasteiger partial charge in [0.1, 0.15) is 16.8 Å². The number of hydrogen-bond acceptors (Lipinski definition) is 9. The van der Waals surface area contributed by atoms with Crippen LogP contribution in [0.15, 0.2) is 18.2 Å². The van der Waals surface area contributed by atoms with Gasteiger partial charge in [0, 0.05) is 37.4 Å². The van der Waals surface area contributed by atoms with Crippen molar-refractivity contribution in [3.05, 3.63) is 34.2 Å². The van der Waals surface area contributed by atoms with Crippen LogP contribution in [0, 0.1) is 13.8 Å². The van der Waals surface area contributed by atoms with Crippen molar-refractivity contribution < 1.29 is 24.1 Å². The molecule has 0 spiro atoms. The molecule has 0 radical (unpaired) electrons. The fourth-order valence-electron chi connectivity index (χ4n) is 4.06. The first-order chi connectivity index (χ1) is 15.5. The van der Waals surface area contributed by atoms with Crippen LogP contribution in [0.25, 0.3) is 10.2 Å². The Morgan fingerprint density at radius 3 is 2.81 bits per heavy atom. The van der Waals surface area contributed by atoms with Crippen molar-refractivity contribution in [1.29, 1.82) is 0 Å². The second kappa shape index (κ2) is 8.34. The van der Waals surface area contributed by atoms with Crippen LogP contribution in [0.5, 0.6) is 11.5 Å². The largest absolute Gasteiger partial charge is 0.506 e. The van der Waals surface area contributed by atoms with Crippen LogP contribution in [0.3, 0.4) is 0 Å². The Hall–Kier alpha value is -3.27. The number of carbonyl (C=O) groups is 1. The standard InChI is InChI=1S/C22H24N4O5S/c1-12-13(2)32-20-18(12)19(23-10-14-3-4-16-17(9-14)30-11-29-16)24-21(25-20)26-7-5-15(6-8-26)31-22(27)28/h3-4,9,15H,5-8,10-11H2,1-2H3,(H,27,28)(H,23,24,25). The van der Waals surface area contributed by atoms with Gasteiger partial charge in [-0.1, -0.05) is 6.07 Å². The third-order valence-electron chi connectivity index (χ3n) is 5.91. The zero-order valence-corrected chi connectivity index (χ0v) is 18.7. The van der Waals surface area contributed by atoms with E-state index in [9.17, 15) is 4.79 Å². The van der Waals surface area contributed by atoms with E-state index in [4.69, 9.17) is 29.3 Å². The lowest BCUT2D eigenvalue weighted by atomic mass is 10.1. The summed E-state index contributed by atoms with van der Waals surface area (Å²) in [4.78, 5) is 24.8. The van der Waals surface area contributed by atoms with Gasteiger partial charge in [-0.25, -0.2) is 9.78 Å². The van der Waals surface area contributed by atoms with Crippen molar-refractivity contribution in [2.24, 2.45) is 0 Å². The molecule has 2 aliphatic heterocycles. The summed E-state index contributed by atoms with van der Waals surface area (Å²) in [5.41, 5.74) is 2.25. The Bertz CT molecular complexity index is 1170. The van der Waals surface area contributed by atoms with E-state index in [0.717, 1.165) is 33.1 Å². The fraction of sp³-hybridized carbons (Fsp3) is 0.409. The highest BCUT2D eigenvalue weighted by atomic mass is 32.1. The Labute approximate surface area is 188 Å². The summed E-state index contributed by atoms with van der Waals surface area (Å²) in [6.07, 6.45) is -0.255. The second-order valence-electron chi connectivity index (χ2n) is 7.95. The molecule has 2 aromatic heterocycles. The minimum Gasteiger partial charge on any atom is -0.454 e. The summed E-state index contributed by atoms with van der Waals surface area (Å²) in [5, 5.41) is 13.4. The highest BCUT2D eigenvalue weighted by Crippen LogP contribution is 2.36. The first kappa shape index (κ1) is 20.6. The van der Waals surface area contributed by atoms with E-state index in [-0.39, 0.29) is 12.9 Å². The van der Waals surface area contributed by atoms with Crippen molar-refractivity contribution in [2.45, 2.75) is 39.3 Å². The van der Waals surface area contributed by atoms with E-state index in [1.807, 2.05) is 18.2 Å². The third-order valence-corrected chi connectivity index (χ3v) is 7.01. The highest BCUT2D eigenvalue weighted by Gasteiger charge is 2.25. The topological polar surface area (TPSA) is 106 Å². The minimum atomic E-state index is -1.22. The van der Waals surface area contributed by atoms with Crippen LogP contribution in [0.2, 0.25) is 0 Å². The summed E-state index contributed by atoms with van der Waals surface area (Å²) in [5.74, 6) is 2.97. The number of aryl methyl sites for hydroxylation is 2. The molecule has 2 aliphatic rings. The molecular weight excluding hydrogens is 432 g/mol. The molecular formula is C22H24N4O5S. The van der Waals surface area contributed by atoms with Crippen molar-refractivity contribution in [1.82, 2.24) is 9.97 Å². The van der Waals surface area contributed by atoms with Gasteiger partial charge in [0.05, 0.1) is 5.39 Å². The number of hydrogen-bond donors (Lipinski definition) is 2. The number of rotatable bonds is 5. The molecule has 0 amide bonds. The molecule has 1 saturated heterocycles. The van der Waals surface area contributed by atoms with Crippen molar-refractivity contribution in [2.75, 3.05) is 30.1 Å². The predicted molar refractivity (Wildman–Crippen MR) is 121 cm³/mol. The molecule has 0 saturated carbocycles. The molecule has 3 aromatic rings. The summed E-state index contributed by atoms with van der Waals surface area (Å²) < 4.78 is 15.8. The summed E-state index contributed by atoms with van der Waals surface area (Å²) in [6, 6.07) is 5.91. The van der Waals surface area contributed by atoms with E-state index >= 15 is 0 Å². The average Bonchev–Trinajstić information content (AvgIpc) is 3.36. The zero-order valence-electron chi connectivity index (χ0n) is 17.9. The van der Waals surface area contributed by atoms with Crippen LogP contribution in [-0.4, -0.2) is 47.2 Å². The van der Waals surface area contributed by atoms with Crippen LogP contribution < -0.4 is 19.7 Å². The molecule has 168 valence electrons. The number of piperidine rings is 1. The van der Waals surface area contributed by atoms with Crippen molar-refractivity contribution >= 4 is 39.5 Å². The molecule has 2 N–H and O–H groups in total. The van der Waals surface area contributed by atoms with Gasteiger partial charge in [0.15, 0.2) is 11.5 Å². The molecule has 4 heterocycles. The number of aromatic nitrogens is 2. The monoisotopic (exact) mass is 456 g/mol. The zero-order chi connectivity index (χ0) is 22.2. The number of carboxylic acid groups (broad SMARTS) is 1. The van der Waals surface area contributed by atoms with Crippen LogP contribution in [0.1, 0.15) is 28.8 Å². The molecule has 5 rings (SSSR count). The van der Waals surface area contributed by atoms with E-state index in [1.54, 1.807) is 11.3 Å².